The zero-order valence-corrected chi connectivity index (χ0v) is 12.1. The van der Waals surface area contributed by atoms with Gasteiger partial charge in [0.2, 0.25) is 0 Å². The Morgan fingerprint density at radius 1 is 1.19 bits per heavy atom. The van der Waals surface area contributed by atoms with Crippen LogP contribution in [0.25, 0.3) is 22.2 Å². The van der Waals surface area contributed by atoms with Crippen molar-refractivity contribution in [1.29, 1.82) is 0 Å². The molecular weight excluding hydrogens is 286 g/mol. The van der Waals surface area contributed by atoms with Gasteiger partial charge in [0.15, 0.2) is 0 Å². The molecule has 0 fully saturated rings. The Bertz CT molecular complexity index is 861. The van der Waals surface area contributed by atoms with E-state index in [0.29, 0.717) is 11.6 Å². The summed E-state index contributed by atoms with van der Waals surface area (Å²) < 4.78 is 11.2. The molecule has 4 heteroatoms. The van der Waals surface area contributed by atoms with Crippen LogP contribution < -0.4 is 9.47 Å². The minimum absolute atomic E-state index is 0.503. The van der Waals surface area contributed by atoms with Crippen molar-refractivity contribution in [3.05, 3.63) is 53.1 Å². The molecule has 21 heavy (non-hydrogen) atoms. The summed E-state index contributed by atoms with van der Waals surface area (Å²) in [7, 11) is 1.64. The Morgan fingerprint density at radius 3 is 2.90 bits per heavy atom. The van der Waals surface area contributed by atoms with Crippen LogP contribution in [-0.2, 0) is 6.61 Å². The third kappa shape index (κ3) is 1.85. The van der Waals surface area contributed by atoms with E-state index in [1.54, 1.807) is 7.11 Å². The highest BCUT2D eigenvalue weighted by molar-refractivity contribution is 6.35. The molecule has 0 unspecified atom stereocenters. The van der Waals surface area contributed by atoms with Crippen molar-refractivity contribution < 1.29 is 9.47 Å². The van der Waals surface area contributed by atoms with Gasteiger partial charge in [0.05, 0.1) is 17.8 Å². The van der Waals surface area contributed by atoms with Crippen LogP contribution in [0.2, 0.25) is 5.02 Å². The van der Waals surface area contributed by atoms with E-state index in [-0.39, 0.29) is 0 Å². The highest BCUT2D eigenvalue weighted by Crippen LogP contribution is 2.40. The molecule has 2 heterocycles. The SMILES string of the molecule is COc1ccc(Cl)c2cc3c(nc12)-c1ccccc1OC3. The molecule has 4 rings (SSSR count). The number of hydrogen-bond acceptors (Lipinski definition) is 3. The first-order valence-electron chi connectivity index (χ1n) is 6.66. The molecule has 3 nitrogen and oxygen atoms in total. The molecule has 0 aliphatic carbocycles. The number of para-hydroxylation sites is 1. The van der Waals surface area contributed by atoms with Crippen molar-refractivity contribution in [3.8, 4) is 22.8 Å². The third-order valence-corrected chi connectivity index (χ3v) is 4.05. The van der Waals surface area contributed by atoms with E-state index in [9.17, 15) is 0 Å². The van der Waals surface area contributed by atoms with Gasteiger partial charge in [-0.3, -0.25) is 0 Å². The first-order valence-corrected chi connectivity index (χ1v) is 7.04. The molecule has 0 bridgehead atoms. The van der Waals surface area contributed by atoms with Crippen molar-refractivity contribution >= 4 is 22.5 Å². The van der Waals surface area contributed by atoms with Crippen LogP contribution in [0.4, 0.5) is 0 Å². The average molecular weight is 298 g/mol. The Morgan fingerprint density at radius 2 is 2.05 bits per heavy atom. The number of nitrogens with zero attached hydrogens (tertiary/aromatic N) is 1. The predicted octanol–water partition coefficient (Wildman–Crippen LogP) is 4.46. The molecule has 0 radical (unpaired) electrons. The van der Waals surface area contributed by atoms with Gasteiger partial charge < -0.3 is 9.47 Å². The van der Waals surface area contributed by atoms with E-state index in [1.807, 2.05) is 42.5 Å². The third-order valence-electron chi connectivity index (χ3n) is 3.72. The molecule has 104 valence electrons. The quantitative estimate of drug-likeness (QED) is 0.664. The van der Waals surface area contributed by atoms with Gasteiger partial charge in [-0.05, 0) is 30.3 Å². The molecular formula is C17H12ClNO2. The molecule has 2 aromatic carbocycles. The van der Waals surface area contributed by atoms with Gasteiger partial charge in [0.25, 0.3) is 0 Å². The van der Waals surface area contributed by atoms with Crippen molar-refractivity contribution in [2.75, 3.05) is 7.11 Å². The lowest BCUT2D eigenvalue weighted by atomic mass is 10.0. The molecule has 0 saturated carbocycles. The maximum atomic E-state index is 6.29. The average Bonchev–Trinajstić information content (AvgIpc) is 2.54. The number of fused-ring (bicyclic) bond motifs is 4. The molecule has 1 aliphatic rings. The van der Waals surface area contributed by atoms with Crippen molar-refractivity contribution in [1.82, 2.24) is 4.98 Å². The van der Waals surface area contributed by atoms with Crippen LogP contribution in [0.15, 0.2) is 42.5 Å². The summed E-state index contributed by atoms with van der Waals surface area (Å²) >= 11 is 6.29. The first-order chi connectivity index (χ1) is 10.3. The molecule has 0 atom stereocenters. The second-order valence-electron chi connectivity index (χ2n) is 4.93. The molecule has 1 aromatic heterocycles. The van der Waals surface area contributed by atoms with Gasteiger partial charge in [-0.15, -0.1) is 0 Å². The highest BCUT2D eigenvalue weighted by atomic mass is 35.5. The van der Waals surface area contributed by atoms with Crippen LogP contribution in [0.1, 0.15) is 5.56 Å². The van der Waals surface area contributed by atoms with Gasteiger partial charge in [-0.25, -0.2) is 4.98 Å². The number of aromatic nitrogens is 1. The highest BCUT2D eigenvalue weighted by Gasteiger charge is 2.20. The molecule has 3 aromatic rings. The van der Waals surface area contributed by atoms with Gasteiger partial charge >= 0.3 is 0 Å². The van der Waals surface area contributed by atoms with Gasteiger partial charge in [0, 0.05) is 16.5 Å². The minimum atomic E-state index is 0.503. The monoisotopic (exact) mass is 297 g/mol. The van der Waals surface area contributed by atoms with Crippen LogP contribution in [-0.4, -0.2) is 12.1 Å². The molecule has 0 spiro atoms. The van der Waals surface area contributed by atoms with Crippen molar-refractivity contribution in [3.63, 3.8) is 0 Å². The first kappa shape index (κ1) is 12.5. The lowest BCUT2D eigenvalue weighted by Crippen LogP contribution is -2.07. The maximum absolute atomic E-state index is 6.29. The molecule has 0 amide bonds. The lowest BCUT2D eigenvalue weighted by molar-refractivity contribution is 0.301. The number of benzene rings is 2. The summed E-state index contributed by atoms with van der Waals surface area (Å²) in [5.41, 5.74) is 3.75. The van der Waals surface area contributed by atoms with Gasteiger partial charge in [-0.1, -0.05) is 23.7 Å². The summed E-state index contributed by atoms with van der Waals surface area (Å²) in [6.45, 7) is 0.503. The van der Waals surface area contributed by atoms with Crippen molar-refractivity contribution in [2.24, 2.45) is 0 Å². The second-order valence-corrected chi connectivity index (χ2v) is 5.33. The summed E-state index contributed by atoms with van der Waals surface area (Å²) in [4.78, 5) is 4.80. The normalized spacial score (nSPS) is 12.5. The minimum Gasteiger partial charge on any atom is -0.494 e. The largest absolute Gasteiger partial charge is 0.494 e. The van der Waals surface area contributed by atoms with Crippen LogP contribution in [0.3, 0.4) is 0 Å². The molecule has 0 saturated heterocycles. The van der Waals surface area contributed by atoms with Crippen LogP contribution in [0, 0.1) is 0 Å². The number of rotatable bonds is 1. The fourth-order valence-electron chi connectivity index (χ4n) is 2.69. The standard InChI is InChI=1S/C17H12ClNO2/c1-20-15-7-6-13(18)12-8-10-9-21-14-5-3-2-4-11(14)16(10)19-17(12)15/h2-8H,9H2,1H3. The zero-order valence-electron chi connectivity index (χ0n) is 11.4. The zero-order chi connectivity index (χ0) is 14.4. The van der Waals surface area contributed by atoms with E-state index >= 15 is 0 Å². The summed E-state index contributed by atoms with van der Waals surface area (Å²) in [5, 5.41) is 1.55. The lowest BCUT2D eigenvalue weighted by Gasteiger charge is -2.21. The predicted molar refractivity (Wildman–Crippen MR) is 83.1 cm³/mol. The number of hydrogen-bond donors (Lipinski definition) is 0. The van der Waals surface area contributed by atoms with Crippen LogP contribution >= 0.6 is 11.6 Å². The number of halogens is 1. The Labute approximate surface area is 127 Å². The van der Waals surface area contributed by atoms with Gasteiger partial charge in [0.1, 0.15) is 23.6 Å². The molecule has 1 aliphatic heterocycles. The Balaban J connectivity index is 2.07. The van der Waals surface area contributed by atoms with E-state index in [4.69, 9.17) is 26.1 Å². The van der Waals surface area contributed by atoms with Gasteiger partial charge in [-0.2, -0.15) is 0 Å². The summed E-state index contributed by atoms with van der Waals surface area (Å²) in [6.07, 6.45) is 0. The topological polar surface area (TPSA) is 31.4 Å². The van der Waals surface area contributed by atoms with E-state index < -0.39 is 0 Å². The van der Waals surface area contributed by atoms with E-state index in [0.717, 1.165) is 39.2 Å². The smallest absolute Gasteiger partial charge is 0.145 e. The summed E-state index contributed by atoms with van der Waals surface area (Å²) in [6, 6.07) is 13.6. The number of ether oxygens (including phenoxy) is 2. The Kier molecular flexibility index (Phi) is 2.76. The summed E-state index contributed by atoms with van der Waals surface area (Å²) in [5.74, 6) is 1.58. The number of methoxy groups -OCH3 is 1. The second kappa shape index (κ2) is 4.64. The fourth-order valence-corrected chi connectivity index (χ4v) is 2.90. The van der Waals surface area contributed by atoms with E-state index in [1.165, 1.54) is 0 Å². The van der Waals surface area contributed by atoms with Crippen LogP contribution in [0.5, 0.6) is 11.5 Å². The number of pyridine rings is 1. The molecule has 0 N–H and O–H groups in total. The Hall–Kier alpha value is -2.26. The maximum Gasteiger partial charge on any atom is 0.145 e. The fraction of sp³-hybridized carbons (Fsp3) is 0.118. The van der Waals surface area contributed by atoms with E-state index in [2.05, 4.69) is 0 Å². The van der Waals surface area contributed by atoms with Crippen molar-refractivity contribution in [2.45, 2.75) is 6.61 Å².